The molecule has 12 heteroatoms. The van der Waals surface area contributed by atoms with E-state index in [0.29, 0.717) is 42.8 Å². The van der Waals surface area contributed by atoms with Gasteiger partial charge in [-0.15, -0.1) is 0 Å². The molecule has 4 rings (SSSR count). The first-order valence-electron chi connectivity index (χ1n) is 13.3. The second-order valence-electron chi connectivity index (χ2n) is 9.82. The summed E-state index contributed by atoms with van der Waals surface area (Å²) >= 11 is -0.162. The third-order valence-electron chi connectivity index (χ3n) is 6.88. The van der Waals surface area contributed by atoms with Crippen LogP contribution in [0.4, 0.5) is 31.0 Å². The number of carbonyl (C=O) groups is 1. The third kappa shape index (κ3) is 8.73. The number of rotatable bonds is 11. The minimum atomic E-state index is -4.38. The zero-order valence-corrected chi connectivity index (χ0v) is 23.3. The molecule has 2 aromatic carbocycles. The number of amides is 1. The lowest BCUT2D eigenvalue weighted by molar-refractivity contribution is -0.126. The highest BCUT2D eigenvalue weighted by Gasteiger charge is 2.31. The number of nitrogens with one attached hydrogen (secondary N) is 4. The summed E-state index contributed by atoms with van der Waals surface area (Å²) < 4.78 is 38.6. The van der Waals surface area contributed by atoms with Crippen molar-refractivity contribution in [2.24, 2.45) is 5.92 Å². The summed E-state index contributed by atoms with van der Waals surface area (Å²) in [7, 11) is 1.75. The molecular weight excluding hydrogens is 539 g/mol. The van der Waals surface area contributed by atoms with Crippen molar-refractivity contribution >= 4 is 35.5 Å². The molecule has 1 aliphatic rings. The Hall–Kier alpha value is -3.54. The summed E-state index contributed by atoms with van der Waals surface area (Å²) in [6, 6.07) is 16.6. The zero-order chi connectivity index (χ0) is 28.5. The first-order chi connectivity index (χ1) is 19.2. The number of anilines is 3. The number of nitrogens with zero attached hydrogens (tertiary/aromatic N) is 3. The molecule has 1 saturated carbocycles. The molecule has 0 aliphatic heterocycles. The van der Waals surface area contributed by atoms with E-state index < -0.39 is 5.51 Å². The smallest absolute Gasteiger partial charge is 0.357 e. The quantitative estimate of drug-likeness (QED) is 0.206. The predicted octanol–water partition coefficient (Wildman–Crippen LogP) is 6.03. The van der Waals surface area contributed by atoms with Gasteiger partial charge in [-0.3, -0.25) is 4.79 Å². The van der Waals surface area contributed by atoms with Crippen LogP contribution in [-0.2, 0) is 11.3 Å². The lowest BCUT2D eigenvalue weighted by Crippen LogP contribution is -2.36. The molecule has 1 heterocycles. The standard InChI is InChI=1S/C28H34F3N7OS/c1-18(19-8-4-3-5-9-19)16-34-26-36-25(32-2)37-27(38-26)35-22-14-12-20(13-15-22)24(39)33-17-21-10-6-7-11-23(21)40-28(29,30)31/h3-11,18,20,22H,12-17H2,1-2H3,(H,33,39)(H3,32,34,35,36,37,38)/t18-,20-,22-/m0/s1. The van der Waals surface area contributed by atoms with Gasteiger partial charge < -0.3 is 21.3 Å². The van der Waals surface area contributed by atoms with Gasteiger partial charge in [0.15, 0.2) is 0 Å². The van der Waals surface area contributed by atoms with Gasteiger partial charge in [-0.2, -0.15) is 28.1 Å². The molecule has 3 aromatic rings. The molecule has 0 radical (unpaired) electrons. The molecule has 8 nitrogen and oxygen atoms in total. The van der Waals surface area contributed by atoms with Crippen molar-refractivity contribution in [1.29, 1.82) is 0 Å². The van der Waals surface area contributed by atoms with Gasteiger partial charge in [0.25, 0.3) is 0 Å². The minimum absolute atomic E-state index is 0.0621. The van der Waals surface area contributed by atoms with Gasteiger partial charge in [-0.1, -0.05) is 55.5 Å². The molecule has 0 bridgehead atoms. The number of aromatic nitrogens is 3. The molecule has 1 aliphatic carbocycles. The number of hydrogen-bond acceptors (Lipinski definition) is 8. The summed E-state index contributed by atoms with van der Waals surface area (Å²) in [5, 5.41) is 12.5. The van der Waals surface area contributed by atoms with Crippen molar-refractivity contribution < 1.29 is 18.0 Å². The van der Waals surface area contributed by atoms with Crippen LogP contribution < -0.4 is 21.3 Å². The van der Waals surface area contributed by atoms with Crippen LogP contribution in [-0.4, -0.2) is 46.0 Å². The van der Waals surface area contributed by atoms with Crippen LogP contribution in [0.1, 0.15) is 49.7 Å². The highest BCUT2D eigenvalue weighted by molar-refractivity contribution is 8.00. The predicted molar refractivity (Wildman–Crippen MR) is 152 cm³/mol. The molecule has 1 fully saturated rings. The van der Waals surface area contributed by atoms with E-state index in [1.54, 1.807) is 25.2 Å². The average Bonchev–Trinajstić information content (AvgIpc) is 2.95. The number of alkyl halides is 3. The molecule has 0 unspecified atom stereocenters. The Morgan fingerprint density at radius 2 is 1.60 bits per heavy atom. The van der Waals surface area contributed by atoms with E-state index in [9.17, 15) is 18.0 Å². The van der Waals surface area contributed by atoms with Crippen LogP contribution in [0.5, 0.6) is 0 Å². The fraction of sp³-hybridized carbons (Fsp3) is 0.429. The normalized spacial score (nSPS) is 18.0. The monoisotopic (exact) mass is 573 g/mol. The first-order valence-corrected chi connectivity index (χ1v) is 14.1. The number of benzene rings is 2. The highest BCUT2D eigenvalue weighted by atomic mass is 32.2. The Morgan fingerprint density at radius 1 is 0.950 bits per heavy atom. The van der Waals surface area contributed by atoms with Crippen LogP contribution in [0, 0.1) is 5.92 Å². The van der Waals surface area contributed by atoms with E-state index in [2.05, 4.69) is 55.3 Å². The zero-order valence-electron chi connectivity index (χ0n) is 22.5. The highest BCUT2D eigenvalue weighted by Crippen LogP contribution is 2.38. The van der Waals surface area contributed by atoms with E-state index in [4.69, 9.17) is 0 Å². The second-order valence-corrected chi connectivity index (χ2v) is 10.9. The van der Waals surface area contributed by atoms with E-state index in [1.807, 2.05) is 18.2 Å². The average molecular weight is 574 g/mol. The van der Waals surface area contributed by atoms with Crippen molar-refractivity contribution in [3.8, 4) is 0 Å². The Bertz CT molecular complexity index is 1250. The molecule has 40 heavy (non-hydrogen) atoms. The number of halogens is 3. The van der Waals surface area contributed by atoms with Gasteiger partial charge in [0.05, 0.1) is 0 Å². The number of hydrogen-bond donors (Lipinski definition) is 4. The minimum Gasteiger partial charge on any atom is -0.357 e. The molecule has 0 saturated heterocycles. The van der Waals surface area contributed by atoms with E-state index >= 15 is 0 Å². The summed E-state index contributed by atoms with van der Waals surface area (Å²) in [4.78, 5) is 26.3. The first kappa shape index (κ1) is 29.4. The molecule has 1 atom stereocenters. The van der Waals surface area contributed by atoms with E-state index in [0.717, 1.165) is 12.8 Å². The molecule has 1 aromatic heterocycles. The maximum Gasteiger partial charge on any atom is 0.446 e. The van der Waals surface area contributed by atoms with Gasteiger partial charge in [0, 0.05) is 37.0 Å². The Labute approximate surface area is 236 Å². The van der Waals surface area contributed by atoms with Crippen LogP contribution in [0.15, 0.2) is 59.5 Å². The SMILES string of the molecule is CNc1nc(NC[C@H](C)c2ccccc2)nc(N[C@H]2CC[C@H](C(=O)NCc3ccccc3SC(F)(F)F)CC2)n1. The van der Waals surface area contributed by atoms with Crippen molar-refractivity contribution in [2.75, 3.05) is 29.5 Å². The number of carbonyl (C=O) groups excluding carboxylic acids is 1. The topological polar surface area (TPSA) is 104 Å². The van der Waals surface area contributed by atoms with E-state index in [-0.39, 0.29) is 47.0 Å². The fourth-order valence-electron chi connectivity index (χ4n) is 4.66. The van der Waals surface area contributed by atoms with Gasteiger partial charge in [-0.05, 0) is 60.6 Å². The van der Waals surface area contributed by atoms with Gasteiger partial charge in [0.1, 0.15) is 0 Å². The third-order valence-corrected chi connectivity index (χ3v) is 7.73. The Kier molecular flexibility index (Phi) is 10.1. The number of thioether (sulfide) groups is 1. The van der Waals surface area contributed by atoms with Crippen molar-refractivity contribution in [3.63, 3.8) is 0 Å². The van der Waals surface area contributed by atoms with Gasteiger partial charge >= 0.3 is 5.51 Å². The van der Waals surface area contributed by atoms with Gasteiger partial charge in [0.2, 0.25) is 23.8 Å². The second kappa shape index (κ2) is 13.7. The Morgan fingerprint density at radius 3 is 2.30 bits per heavy atom. The van der Waals surface area contributed by atoms with Crippen molar-refractivity contribution in [2.45, 2.75) is 61.5 Å². The lowest BCUT2D eigenvalue weighted by atomic mass is 9.85. The maximum absolute atomic E-state index is 12.9. The Balaban J connectivity index is 1.27. The molecule has 0 spiro atoms. The summed E-state index contributed by atoms with van der Waals surface area (Å²) in [5.74, 6) is 1.32. The van der Waals surface area contributed by atoms with Crippen LogP contribution in [0.2, 0.25) is 0 Å². The molecule has 1 amide bonds. The van der Waals surface area contributed by atoms with Crippen LogP contribution >= 0.6 is 11.8 Å². The van der Waals surface area contributed by atoms with Crippen LogP contribution in [0.3, 0.4) is 0 Å². The van der Waals surface area contributed by atoms with Crippen molar-refractivity contribution in [3.05, 3.63) is 65.7 Å². The summed E-state index contributed by atoms with van der Waals surface area (Å²) in [6.07, 6.45) is 2.80. The largest absolute Gasteiger partial charge is 0.446 e. The molecule has 214 valence electrons. The summed E-state index contributed by atoms with van der Waals surface area (Å²) in [5.41, 5.74) is -2.71. The van der Waals surface area contributed by atoms with E-state index in [1.165, 1.54) is 11.6 Å². The lowest BCUT2D eigenvalue weighted by Gasteiger charge is -2.28. The van der Waals surface area contributed by atoms with Crippen molar-refractivity contribution in [1.82, 2.24) is 20.3 Å². The van der Waals surface area contributed by atoms with Gasteiger partial charge in [-0.25, -0.2) is 0 Å². The maximum atomic E-state index is 12.9. The molecular formula is C28H34F3N7OS. The molecule has 4 N–H and O–H groups in total. The fourth-order valence-corrected chi connectivity index (χ4v) is 5.33. The van der Waals surface area contributed by atoms with Crippen LogP contribution in [0.25, 0.3) is 0 Å². The summed E-state index contributed by atoms with van der Waals surface area (Å²) in [6.45, 7) is 2.86.